The number of hydrogen-bond donors (Lipinski definition) is 2. The van der Waals surface area contributed by atoms with Gasteiger partial charge >= 0.3 is 0 Å². The zero-order chi connectivity index (χ0) is 14.0. The summed E-state index contributed by atoms with van der Waals surface area (Å²) in [6.45, 7) is 9.16. The van der Waals surface area contributed by atoms with Gasteiger partial charge < -0.3 is 10.4 Å². The Morgan fingerprint density at radius 2 is 1.89 bits per heavy atom. The van der Waals surface area contributed by atoms with E-state index >= 15 is 0 Å². The molecule has 1 amide bonds. The van der Waals surface area contributed by atoms with Crippen LogP contribution in [-0.4, -0.2) is 21.5 Å². The predicted octanol–water partition coefficient (Wildman–Crippen LogP) is 1.77. The molecule has 0 aliphatic carbocycles. The van der Waals surface area contributed by atoms with E-state index in [4.69, 9.17) is 0 Å². The maximum Gasteiger partial charge on any atom is 0.226 e. The van der Waals surface area contributed by atoms with Crippen molar-refractivity contribution in [1.29, 1.82) is 0 Å². The Labute approximate surface area is 108 Å². The summed E-state index contributed by atoms with van der Waals surface area (Å²) in [4.78, 5) is 16.1. The highest BCUT2D eigenvalue weighted by Crippen LogP contribution is 2.17. The van der Waals surface area contributed by atoms with Crippen molar-refractivity contribution in [3.63, 3.8) is 0 Å². The molecule has 100 valence electrons. The molecule has 0 saturated carbocycles. The van der Waals surface area contributed by atoms with Gasteiger partial charge in [-0.3, -0.25) is 9.78 Å². The second-order valence-electron chi connectivity index (χ2n) is 6.05. The molecule has 1 heterocycles. The standard InChI is InChI=1S/C14H22N2O2/c1-13(2,3)16-12(17)9-10-7-6-8-11(15-10)14(4,5)18/h6-8,18H,9H2,1-5H3,(H,16,17). The number of aliphatic hydroxyl groups is 1. The molecular formula is C14H22N2O2. The third kappa shape index (κ3) is 4.84. The van der Waals surface area contributed by atoms with Crippen molar-refractivity contribution in [2.45, 2.75) is 52.2 Å². The fourth-order valence-electron chi connectivity index (χ4n) is 1.55. The molecule has 2 N–H and O–H groups in total. The first-order chi connectivity index (χ1) is 8.08. The third-order valence-electron chi connectivity index (χ3n) is 2.29. The Balaban J connectivity index is 2.77. The lowest BCUT2D eigenvalue weighted by Crippen LogP contribution is -2.41. The number of hydrogen-bond acceptors (Lipinski definition) is 3. The zero-order valence-electron chi connectivity index (χ0n) is 11.7. The van der Waals surface area contributed by atoms with Gasteiger partial charge in [0.05, 0.1) is 17.8 Å². The average molecular weight is 250 g/mol. The molecule has 4 nitrogen and oxygen atoms in total. The number of carbonyl (C=O) groups is 1. The molecule has 0 unspecified atom stereocenters. The summed E-state index contributed by atoms with van der Waals surface area (Å²) in [5.74, 6) is -0.0668. The average Bonchev–Trinajstić information content (AvgIpc) is 2.13. The number of nitrogens with zero attached hydrogens (tertiary/aromatic N) is 1. The quantitative estimate of drug-likeness (QED) is 0.859. The highest BCUT2D eigenvalue weighted by atomic mass is 16.3. The third-order valence-corrected chi connectivity index (χ3v) is 2.29. The predicted molar refractivity (Wildman–Crippen MR) is 71.1 cm³/mol. The van der Waals surface area contributed by atoms with Crippen LogP contribution in [0.1, 0.15) is 46.0 Å². The molecule has 1 rings (SSSR count). The van der Waals surface area contributed by atoms with Crippen molar-refractivity contribution >= 4 is 5.91 Å². The maximum absolute atomic E-state index is 11.8. The van der Waals surface area contributed by atoms with Crippen LogP contribution in [0.4, 0.5) is 0 Å². The van der Waals surface area contributed by atoms with Crippen LogP contribution >= 0.6 is 0 Å². The van der Waals surface area contributed by atoms with Crippen molar-refractivity contribution in [1.82, 2.24) is 10.3 Å². The van der Waals surface area contributed by atoms with Crippen molar-refractivity contribution in [3.05, 3.63) is 29.6 Å². The first kappa shape index (κ1) is 14.6. The van der Waals surface area contributed by atoms with Crippen LogP contribution in [0.2, 0.25) is 0 Å². The fraction of sp³-hybridized carbons (Fsp3) is 0.571. The molecule has 0 radical (unpaired) electrons. The van der Waals surface area contributed by atoms with Gasteiger partial charge in [-0.15, -0.1) is 0 Å². The molecule has 0 bridgehead atoms. The lowest BCUT2D eigenvalue weighted by molar-refractivity contribution is -0.121. The first-order valence-corrected chi connectivity index (χ1v) is 6.08. The molecule has 4 heteroatoms. The van der Waals surface area contributed by atoms with Gasteiger partial charge in [-0.1, -0.05) is 6.07 Å². The molecule has 0 aliphatic rings. The molecule has 1 aromatic heterocycles. The highest BCUT2D eigenvalue weighted by Gasteiger charge is 2.19. The van der Waals surface area contributed by atoms with E-state index in [1.807, 2.05) is 20.8 Å². The molecule has 18 heavy (non-hydrogen) atoms. The minimum absolute atomic E-state index is 0.0668. The molecule has 1 aromatic rings. The monoisotopic (exact) mass is 250 g/mol. The minimum Gasteiger partial charge on any atom is -0.384 e. The van der Waals surface area contributed by atoms with Gasteiger partial charge in [-0.25, -0.2) is 0 Å². The van der Waals surface area contributed by atoms with Crippen molar-refractivity contribution < 1.29 is 9.90 Å². The van der Waals surface area contributed by atoms with E-state index in [0.717, 1.165) is 0 Å². The molecule has 0 fully saturated rings. The second kappa shape index (κ2) is 5.06. The van der Waals surface area contributed by atoms with Crippen LogP contribution in [0, 0.1) is 0 Å². The van der Waals surface area contributed by atoms with Gasteiger partial charge in [-0.2, -0.15) is 0 Å². The SMILES string of the molecule is CC(C)(C)NC(=O)Cc1cccc(C(C)(C)O)n1. The number of aromatic nitrogens is 1. The molecular weight excluding hydrogens is 228 g/mol. The van der Waals surface area contributed by atoms with Crippen LogP contribution in [0.5, 0.6) is 0 Å². The van der Waals surface area contributed by atoms with Gasteiger partial charge in [0.2, 0.25) is 5.91 Å². The smallest absolute Gasteiger partial charge is 0.226 e. The summed E-state index contributed by atoms with van der Waals surface area (Å²) < 4.78 is 0. The van der Waals surface area contributed by atoms with E-state index in [9.17, 15) is 9.90 Å². The largest absolute Gasteiger partial charge is 0.384 e. The Kier molecular flexibility index (Phi) is 4.12. The van der Waals surface area contributed by atoms with Crippen LogP contribution in [0.15, 0.2) is 18.2 Å². The summed E-state index contributed by atoms with van der Waals surface area (Å²) >= 11 is 0. The van der Waals surface area contributed by atoms with Crippen LogP contribution in [0.25, 0.3) is 0 Å². The number of nitrogens with one attached hydrogen (secondary N) is 1. The van der Waals surface area contributed by atoms with E-state index < -0.39 is 5.60 Å². The fourth-order valence-corrected chi connectivity index (χ4v) is 1.55. The molecule has 0 saturated heterocycles. The normalized spacial score (nSPS) is 12.3. The van der Waals surface area contributed by atoms with Gasteiger partial charge in [0, 0.05) is 5.54 Å². The minimum atomic E-state index is -0.990. The molecule has 0 aliphatic heterocycles. The Morgan fingerprint density at radius 3 is 2.39 bits per heavy atom. The van der Waals surface area contributed by atoms with Gasteiger partial charge in [-0.05, 0) is 46.8 Å². The number of amides is 1. The summed E-state index contributed by atoms with van der Waals surface area (Å²) in [5.41, 5.74) is 0.00138. The van der Waals surface area contributed by atoms with Gasteiger partial charge in [0.25, 0.3) is 0 Å². The summed E-state index contributed by atoms with van der Waals surface area (Å²) in [7, 11) is 0. The Hall–Kier alpha value is -1.42. The number of pyridine rings is 1. The molecule has 0 spiro atoms. The van der Waals surface area contributed by atoms with Crippen molar-refractivity contribution in [2.75, 3.05) is 0 Å². The van der Waals surface area contributed by atoms with E-state index in [1.54, 1.807) is 32.0 Å². The van der Waals surface area contributed by atoms with Crippen LogP contribution in [-0.2, 0) is 16.8 Å². The van der Waals surface area contributed by atoms with Crippen LogP contribution in [0.3, 0.4) is 0 Å². The van der Waals surface area contributed by atoms with E-state index in [-0.39, 0.29) is 17.9 Å². The van der Waals surface area contributed by atoms with Crippen molar-refractivity contribution in [3.8, 4) is 0 Å². The Bertz CT molecular complexity index is 428. The topological polar surface area (TPSA) is 62.2 Å². The second-order valence-corrected chi connectivity index (χ2v) is 6.05. The van der Waals surface area contributed by atoms with Crippen LogP contribution < -0.4 is 5.32 Å². The molecule has 0 aromatic carbocycles. The summed E-state index contributed by atoms with van der Waals surface area (Å²) in [5, 5.41) is 12.8. The lowest BCUT2D eigenvalue weighted by Gasteiger charge is -2.21. The Morgan fingerprint density at radius 1 is 1.28 bits per heavy atom. The van der Waals surface area contributed by atoms with Gasteiger partial charge in [0.1, 0.15) is 5.60 Å². The van der Waals surface area contributed by atoms with Crippen molar-refractivity contribution in [2.24, 2.45) is 0 Å². The maximum atomic E-state index is 11.8. The highest BCUT2D eigenvalue weighted by molar-refractivity contribution is 5.78. The molecule has 0 atom stereocenters. The number of rotatable bonds is 3. The van der Waals surface area contributed by atoms with E-state index in [0.29, 0.717) is 11.4 Å². The van der Waals surface area contributed by atoms with E-state index in [2.05, 4.69) is 10.3 Å². The zero-order valence-corrected chi connectivity index (χ0v) is 11.7. The van der Waals surface area contributed by atoms with E-state index in [1.165, 1.54) is 0 Å². The number of carbonyl (C=O) groups excluding carboxylic acids is 1. The van der Waals surface area contributed by atoms with Gasteiger partial charge in [0.15, 0.2) is 0 Å². The summed E-state index contributed by atoms with van der Waals surface area (Å²) in [6, 6.07) is 5.35. The first-order valence-electron chi connectivity index (χ1n) is 6.08. The lowest BCUT2D eigenvalue weighted by atomic mass is 10.0. The summed E-state index contributed by atoms with van der Waals surface area (Å²) in [6.07, 6.45) is 0.223.